The lowest BCUT2D eigenvalue weighted by atomic mass is 10.1. The Morgan fingerprint density at radius 1 is 1.52 bits per heavy atom. The number of nitriles is 1. The summed E-state index contributed by atoms with van der Waals surface area (Å²) in [7, 11) is 0. The molecule has 0 aliphatic heterocycles. The van der Waals surface area contributed by atoms with Crippen molar-refractivity contribution in [2.24, 2.45) is 0 Å². The molecule has 108 valence electrons. The molecule has 2 N–H and O–H groups in total. The summed E-state index contributed by atoms with van der Waals surface area (Å²) < 4.78 is 5.46. The monoisotopic (exact) mass is 303 g/mol. The van der Waals surface area contributed by atoms with Crippen LogP contribution in [0.15, 0.2) is 18.2 Å². The molecule has 0 radical (unpaired) electrons. The first kappa shape index (κ1) is 14.8. The van der Waals surface area contributed by atoms with Crippen LogP contribution in [0.3, 0.4) is 0 Å². The Balaban J connectivity index is 2.72. The van der Waals surface area contributed by atoms with Crippen molar-refractivity contribution in [3.05, 3.63) is 38.8 Å². The minimum absolute atomic E-state index is 0.0979. The minimum Gasteiger partial charge on any atom is -0.487 e. The Morgan fingerprint density at radius 3 is 2.76 bits per heavy atom. The van der Waals surface area contributed by atoms with E-state index in [9.17, 15) is 10.1 Å². The van der Waals surface area contributed by atoms with Gasteiger partial charge in [-0.25, -0.2) is 0 Å². The molecule has 1 aromatic carbocycles. The molecule has 0 unspecified atom stereocenters. The number of rotatable bonds is 4. The van der Waals surface area contributed by atoms with Gasteiger partial charge in [0, 0.05) is 16.5 Å². The summed E-state index contributed by atoms with van der Waals surface area (Å²) in [4.78, 5) is 11.8. The van der Waals surface area contributed by atoms with Crippen molar-refractivity contribution >= 4 is 22.7 Å². The van der Waals surface area contributed by atoms with E-state index >= 15 is 0 Å². The van der Waals surface area contributed by atoms with Crippen molar-refractivity contribution in [2.45, 2.75) is 13.8 Å². The largest absolute Gasteiger partial charge is 0.487 e. The Hall–Kier alpha value is -2.59. The van der Waals surface area contributed by atoms with E-state index in [0.29, 0.717) is 22.7 Å². The number of benzene rings is 1. The molecule has 1 heterocycles. The predicted molar refractivity (Wildman–Crippen MR) is 81.4 cm³/mol. The Labute approximate surface area is 125 Å². The fraction of sp³-hybridized carbons (Fsp3) is 0.214. The number of hydrogen-bond acceptors (Lipinski definition) is 6. The molecule has 21 heavy (non-hydrogen) atoms. The Bertz CT molecular complexity index is 747. The first-order chi connectivity index (χ1) is 10.0. The zero-order chi connectivity index (χ0) is 15.6. The van der Waals surface area contributed by atoms with Gasteiger partial charge in [-0.1, -0.05) is 6.07 Å². The third kappa shape index (κ3) is 2.53. The van der Waals surface area contributed by atoms with Gasteiger partial charge in [-0.05, 0) is 25.5 Å². The maximum Gasteiger partial charge on any atom is 0.311 e. The summed E-state index contributed by atoms with van der Waals surface area (Å²) in [6.45, 7) is 3.86. The van der Waals surface area contributed by atoms with Gasteiger partial charge in [-0.3, -0.25) is 10.1 Å². The van der Waals surface area contributed by atoms with Gasteiger partial charge in [0.1, 0.15) is 10.9 Å². The van der Waals surface area contributed by atoms with E-state index < -0.39 is 4.92 Å². The maximum absolute atomic E-state index is 11.1. The highest BCUT2D eigenvalue weighted by atomic mass is 32.1. The van der Waals surface area contributed by atoms with E-state index in [0.717, 1.165) is 10.4 Å². The van der Waals surface area contributed by atoms with Gasteiger partial charge in [0.15, 0.2) is 0 Å². The van der Waals surface area contributed by atoms with Gasteiger partial charge in [0.25, 0.3) is 0 Å². The quantitative estimate of drug-likeness (QED) is 0.688. The smallest absolute Gasteiger partial charge is 0.311 e. The van der Waals surface area contributed by atoms with Gasteiger partial charge in [0.05, 0.1) is 17.2 Å². The molecule has 0 aliphatic carbocycles. The van der Waals surface area contributed by atoms with Crippen LogP contribution in [0.5, 0.6) is 5.75 Å². The van der Waals surface area contributed by atoms with Gasteiger partial charge >= 0.3 is 5.69 Å². The molecular formula is C14H13N3O3S. The molecule has 1 aromatic heterocycles. The molecule has 6 nitrogen and oxygen atoms in total. The van der Waals surface area contributed by atoms with Gasteiger partial charge in [-0.15, -0.1) is 11.3 Å². The highest BCUT2D eigenvalue weighted by Gasteiger charge is 2.23. The molecule has 2 aromatic rings. The van der Waals surface area contributed by atoms with Crippen LogP contribution in [0.1, 0.15) is 17.4 Å². The van der Waals surface area contributed by atoms with E-state index in [1.54, 1.807) is 26.0 Å². The molecular weight excluding hydrogens is 290 g/mol. The lowest BCUT2D eigenvalue weighted by Gasteiger charge is -2.10. The Morgan fingerprint density at radius 2 is 2.24 bits per heavy atom. The fourth-order valence-corrected chi connectivity index (χ4v) is 3.06. The van der Waals surface area contributed by atoms with Crippen LogP contribution in [0.2, 0.25) is 0 Å². The second-order valence-corrected chi connectivity index (χ2v) is 5.28. The number of ether oxygens (including phenoxy) is 1. The number of nitrogen functional groups attached to an aromatic ring is 1. The van der Waals surface area contributed by atoms with E-state index in [1.165, 1.54) is 17.4 Å². The molecule has 0 saturated carbocycles. The topological polar surface area (TPSA) is 102 Å². The third-order valence-electron chi connectivity index (χ3n) is 3.02. The van der Waals surface area contributed by atoms with E-state index in [-0.39, 0.29) is 11.4 Å². The zero-order valence-corrected chi connectivity index (χ0v) is 12.4. The van der Waals surface area contributed by atoms with Crippen molar-refractivity contribution in [1.82, 2.24) is 0 Å². The Kier molecular flexibility index (Phi) is 4.10. The second-order valence-electron chi connectivity index (χ2n) is 4.25. The molecule has 0 amide bonds. The summed E-state index contributed by atoms with van der Waals surface area (Å²) >= 11 is 1.21. The van der Waals surface area contributed by atoms with Crippen LogP contribution in [-0.4, -0.2) is 11.5 Å². The van der Waals surface area contributed by atoms with Crippen LogP contribution >= 0.6 is 11.3 Å². The number of thiophene rings is 1. The van der Waals surface area contributed by atoms with Gasteiger partial charge in [-0.2, -0.15) is 5.26 Å². The van der Waals surface area contributed by atoms with E-state index in [4.69, 9.17) is 15.7 Å². The lowest BCUT2D eigenvalue weighted by Crippen LogP contribution is -1.99. The third-order valence-corrected chi connectivity index (χ3v) is 4.26. The molecule has 0 saturated heterocycles. The standard InChI is InChI=1S/C14H13N3O3S/c1-3-20-13-9(5-4-6-10(13)17(18)19)14-8(2)12(16)11(7-15)21-14/h4-6H,3,16H2,1-2H3. The number of para-hydroxylation sites is 1. The predicted octanol–water partition coefficient (Wildman–Crippen LogP) is 3.48. The SMILES string of the molecule is CCOc1c(-c2sc(C#N)c(N)c2C)cccc1[N+](=O)[O-]. The number of anilines is 1. The zero-order valence-electron chi connectivity index (χ0n) is 11.5. The number of nitrogens with two attached hydrogens (primary N) is 1. The van der Waals surface area contributed by atoms with E-state index in [1.807, 2.05) is 6.07 Å². The molecule has 0 bridgehead atoms. The van der Waals surface area contributed by atoms with Crippen molar-refractivity contribution in [2.75, 3.05) is 12.3 Å². The molecule has 0 aliphatic rings. The summed E-state index contributed by atoms with van der Waals surface area (Å²) in [5, 5.41) is 20.2. The van der Waals surface area contributed by atoms with Crippen LogP contribution in [-0.2, 0) is 0 Å². The average molecular weight is 303 g/mol. The summed E-state index contributed by atoms with van der Waals surface area (Å²) in [6.07, 6.45) is 0. The molecule has 0 atom stereocenters. The number of nitro benzene ring substituents is 1. The number of nitro groups is 1. The summed E-state index contributed by atoms with van der Waals surface area (Å²) in [5.74, 6) is 0.207. The summed E-state index contributed by atoms with van der Waals surface area (Å²) in [6, 6.07) is 6.76. The molecule has 2 rings (SSSR count). The lowest BCUT2D eigenvalue weighted by molar-refractivity contribution is -0.385. The number of hydrogen-bond donors (Lipinski definition) is 1. The minimum atomic E-state index is -0.480. The van der Waals surface area contributed by atoms with Crippen LogP contribution < -0.4 is 10.5 Å². The van der Waals surface area contributed by atoms with Crippen molar-refractivity contribution < 1.29 is 9.66 Å². The second kappa shape index (κ2) is 5.81. The van der Waals surface area contributed by atoms with Crippen LogP contribution in [0.4, 0.5) is 11.4 Å². The van der Waals surface area contributed by atoms with Gasteiger partial charge < -0.3 is 10.5 Å². The van der Waals surface area contributed by atoms with Crippen LogP contribution in [0, 0.1) is 28.4 Å². The highest BCUT2D eigenvalue weighted by molar-refractivity contribution is 7.16. The first-order valence-electron chi connectivity index (χ1n) is 6.20. The molecule has 7 heteroatoms. The highest BCUT2D eigenvalue weighted by Crippen LogP contribution is 2.44. The van der Waals surface area contributed by atoms with E-state index in [2.05, 4.69) is 0 Å². The van der Waals surface area contributed by atoms with Gasteiger partial charge in [0.2, 0.25) is 5.75 Å². The van der Waals surface area contributed by atoms with Crippen molar-refractivity contribution in [1.29, 1.82) is 5.26 Å². The maximum atomic E-state index is 11.1. The number of nitrogens with zero attached hydrogens (tertiary/aromatic N) is 2. The normalized spacial score (nSPS) is 10.1. The first-order valence-corrected chi connectivity index (χ1v) is 7.02. The average Bonchev–Trinajstić information content (AvgIpc) is 2.75. The fourth-order valence-electron chi connectivity index (χ4n) is 2.01. The van der Waals surface area contributed by atoms with Crippen LogP contribution in [0.25, 0.3) is 10.4 Å². The molecule has 0 fully saturated rings. The van der Waals surface area contributed by atoms with Crippen molar-refractivity contribution in [3.8, 4) is 22.3 Å². The molecule has 0 spiro atoms. The summed E-state index contributed by atoms with van der Waals surface area (Å²) in [5.41, 5.74) is 7.52. The van der Waals surface area contributed by atoms with Crippen molar-refractivity contribution in [3.63, 3.8) is 0 Å².